The highest BCUT2D eigenvalue weighted by atomic mass is 35.5. The van der Waals surface area contributed by atoms with Crippen molar-refractivity contribution < 1.29 is 27.6 Å². The second-order valence-corrected chi connectivity index (χ2v) is 8.30. The summed E-state index contributed by atoms with van der Waals surface area (Å²) in [6.45, 7) is 0.212. The van der Waals surface area contributed by atoms with Gasteiger partial charge in [-0.05, 0) is 35.4 Å². The molecule has 0 saturated heterocycles. The van der Waals surface area contributed by atoms with Crippen LogP contribution in [0.4, 0.5) is 18.9 Å². The van der Waals surface area contributed by atoms with Crippen LogP contribution in [-0.2, 0) is 28.9 Å². The van der Waals surface area contributed by atoms with Crippen LogP contribution in [0.15, 0.2) is 89.6 Å². The Morgan fingerprint density at radius 2 is 1.47 bits per heavy atom. The molecule has 3 amide bonds. The van der Waals surface area contributed by atoms with E-state index < -0.39 is 29.5 Å². The minimum absolute atomic E-state index is 0.0248. The lowest BCUT2D eigenvalue weighted by Gasteiger charge is -2.15. The average molecular weight is 514 g/mol. The van der Waals surface area contributed by atoms with E-state index in [9.17, 15) is 27.6 Å². The normalized spacial score (nSPS) is 13.8. The zero-order valence-electron chi connectivity index (χ0n) is 18.6. The standard InChI is InChI=1S/C26H19ClF3N3O3/c27-21-22(25(36)33(24(21)35)15-17-6-2-1-3-7-17)31-14-16-10-12-18(13-11-16)23(34)32-20-9-5-4-8-19(20)26(28,29)30/h1-13,31H,14-15H2,(H,32,34). The van der Waals surface area contributed by atoms with E-state index in [0.29, 0.717) is 5.56 Å². The maximum absolute atomic E-state index is 13.2. The number of hydrogen-bond donors (Lipinski definition) is 2. The van der Waals surface area contributed by atoms with Crippen molar-refractivity contribution in [3.8, 4) is 0 Å². The molecule has 0 aliphatic carbocycles. The van der Waals surface area contributed by atoms with Gasteiger partial charge in [0.2, 0.25) is 0 Å². The van der Waals surface area contributed by atoms with Crippen LogP contribution in [0.1, 0.15) is 27.0 Å². The zero-order valence-corrected chi connectivity index (χ0v) is 19.4. The van der Waals surface area contributed by atoms with E-state index in [1.54, 1.807) is 36.4 Å². The predicted molar refractivity (Wildman–Crippen MR) is 128 cm³/mol. The van der Waals surface area contributed by atoms with Gasteiger partial charge in [-0.3, -0.25) is 19.3 Å². The maximum atomic E-state index is 13.2. The van der Waals surface area contributed by atoms with Gasteiger partial charge < -0.3 is 10.6 Å². The molecule has 0 atom stereocenters. The van der Waals surface area contributed by atoms with Crippen molar-refractivity contribution in [3.05, 3.63) is 112 Å². The van der Waals surface area contributed by atoms with E-state index in [1.165, 1.54) is 30.3 Å². The molecule has 2 N–H and O–H groups in total. The predicted octanol–water partition coefficient (Wildman–Crippen LogP) is 5.07. The molecular formula is C26H19ClF3N3O3. The molecule has 6 nitrogen and oxygen atoms in total. The highest BCUT2D eigenvalue weighted by Crippen LogP contribution is 2.34. The summed E-state index contributed by atoms with van der Waals surface area (Å²) in [7, 11) is 0. The van der Waals surface area contributed by atoms with Gasteiger partial charge in [0.05, 0.1) is 17.8 Å². The first-order valence-electron chi connectivity index (χ1n) is 10.8. The Labute approximate surface area is 209 Å². The van der Waals surface area contributed by atoms with Gasteiger partial charge in [0, 0.05) is 12.1 Å². The monoisotopic (exact) mass is 513 g/mol. The lowest BCUT2D eigenvalue weighted by molar-refractivity contribution is -0.138. The Bertz CT molecular complexity index is 1340. The van der Waals surface area contributed by atoms with Crippen molar-refractivity contribution in [1.29, 1.82) is 0 Å². The van der Waals surface area contributed by atoms with Crippen molar-refractivity contribution in [2.24, 2.45) is 0 Å². The zero-order chi connectivity index (χ0) is 25.9. The highest BCUT2D eigenvalue weighted by molar-refractivity contribution is 6.47. The van der Waals surface area contributed by atoms with Gasteiger partial charge in [0.15, 0.2) is 0 Å². The minimum Gasteiger partial charge on any atom is -0.375 e. The number of halogens is 4. The summed E-state index contributed by atoms with van der Waals surface area (Å²) in [6.07, 6.45) is -4.61. The van der Waals surface area contributed by atoms with E-state index in [4.69, 9.17) is 11.6 Å². The molecule has 36 heavy (non-hydrogen) atoms. The van der Waals surface area contributed by atoms with Crippen molar-refractivity contribution >= 4 is 35.0 Å². The lowest BCUT2D eigenvalue weighted by Crippen LogP contribution is -2.33. The topological polar surface area (TPSA) is 78.5 Å². The Morgan fingerprint density at radius 3 is 2.14 bits per heavy atom. The fourth-order valence-electron chi connectivity index (χ4n) is 3.61. The summed E-state index contributed by atoms with van der Waals surface area (Å²) in [5.41, 5.74) is 0.267. The third-order valence-corrected chi connectivity index (χ3v) is 5.81. The van der Waals surface area contributed by atoms with E-state index in [-0.39, 0.29) is 35.1 Å². The summed E-state index contributed by atoms with van der Waals surface area (Å²) < 4.78 is 39.5. The molecule has 184 valence electrons. The van der Waals surface area contributed by atoms with Gasteiger partial charge in [-0.2, -0.15) is 13.2 Å². The molecule has 0 unspecified atom stereocenters. The molecule has 1 aliphatic heterocycles. The van der Waals surface area contributed by atoms with Crippen molar-refractivity contribution in [2.75, 3.05) is 5.32 Å². The Hall–Kier alpha value is -4.11. The number of rotatable bonds is 7. The molecule has 3 aromatic rings. The molecule has 0 fully saturated rings. The van der Waals surface area contributed by atoms with Crippen LogP contribution in [0.3, 0.4) is 0 Å². The van der Waals surface area contributed by atoms with Gasteiger partial charge in [-0.25, -0.2) is 0 Å². The van der Waals surface area contributed by atoms with Gasteiger partial charge in [0.1, 0.15) is 10.7 Å². The number of anilines is 1. The minimum atomic E-state index is -4.61. The van der Waals surface area contributed by atoms with Gasteiger partial charge in [-0.1, -0.05) is 66.2 Å². The Morgan fingerprint density at radius 1 is 0.833 bits per heavy atom. The van der Waals surface area contributed by atoms with Gasteiger partial charge in [-0.15, -0.1) is 0 Å². The molecule has 10 heteroatoms. The first kappa shape index (κ1) is 25.0. The maximum Gasteiger partial charge on any atom is 0.418 e. The van der Waals surface area contributed by atoms with E-state index >= 15 is 0 Å². The fraction of sp³-hybridized carbons (Fsp3) is 0.115. The van der Waals surface area contributed by atoms with Gasteiger partial charge in [0.25, 0.3) is 17.7 Å². The summed E-state index contributed by atoms with van der Waals surface area (Å²) in [6, 6.07) is 19.8. The summed E-state index contributed by atoms with van der Waals surface area (Å²) >= 11 is 6.11. The number of nitrogens with one attached hydrogen (secondary N) is 2. The largest absolute Gasteiger partial charge is 0.418 e. The molecule has 3 aromatic carbocycles. The number of carbonyl (C=O) groups is 3. The van der Waals surface area contributed by atoms with E-state index in [0.717, 1.165) is 16.5 Å². The molecule has 1 aliphatic rings. The number of hydrogen-bond acceptors (Lipinski definition) is 4. The van der Waals surface area contributed by atoms with Crippen molar-refractivity contribution in [3.63, 3.8) is 0 Å². The molecule has 1 heterocycles. The number of amides is 3. The van der Waals surface area contributed by atoms with Crippen LogP contribution < -0.4 is 10.6 Å². The van der Waals surface area contributed by atoms with E-state index in [1.807, 2.05) is 6.07 Å². The highest BCUT2D eigenvalue weighted by Gasteiger charge is 2.37. The first-order valence-corrected chi connectivity index (χ1v) is 11.1. The second-order valence-electron chi connectivity index (χ2n) is 7.92. The summed E-state index contributed by atoms with van der Waals surface area (Å²) in [5.74, 6) is -1.85. The molecule has 0 bridgehead atoms. The number of imide groups is 1. The smallest absolute Gasteiger partial charge is 0.375 e. The second kappa shape index (κ2) is 10.2. The number of carbonyl (C=O) groups excluding carboxylic acids is 3. The summed E-state index contributed by atoms with van der Waals surface area (Å²) in [4.78, 5) is 38.7. The van der Waals surface area contributed by atoms with Crippen LogP contribution in [0.5, 0.6) is 0 Å². The van der Waals surface area contributed by atoms with Crippen molar-refractivity contribution in [1.82, 2.24) is 10.2 Å². The third kappa shape index (κ3) is 5.41. The molecule has 4 rings (SSSR count). The molecule has 0 aromatic heterocycles. The van der Waals surface area contributed by atoms with Crippen LogP contribution in [0.25, 0.3) is 0 Å². The number of benzene rings is 3. The average Bonchev–Trinajstić information content (AvgIpc) is 3.06. The third-order valence-electron chi connectivity index (χ3n) is 5.46. The quantitative estimate of drug-likeness (QED) is 0.433. The lowest BCUT2D eigenvalue weighted by atomic mass is 10.1. The Balaban J connectivity index is 1.39. The van der Waals surface area contributed by atoms with Crippen molar-refractivity contribution in [2.45, 2.75) is 19.3 Å². The molecule has 0 spiro atoms. The van der Waals surface area contributed by atoms with Crippen LogP contribution >= 0.6 is 11.6 Å². The Kier molecular flexibility index (Phi) is 7.12. The van der Waals surface area contributed by atoms with Crippen LogP contribution in [0, 0.1) is 0 Å². The molecular weight excluding hydrogens is 495 g/mol. The number of para-hydroxylation sites is 1. The fourth-order valence-corrected chi connectivity index (χ4v) is 3.86. The molecule has 0 radical (unpaired) electrons. The number of nitrogens with zero attached hydrogens (tertiary/aromatic N) is 1. The SMILES string of the molecule is O=C(Nc1ccccc1C(F)(F)F)c1ccc(CNC2=C(Cl)C(=O)N(Cc3ccccc3)C2=O)cc1. The first-order chi connectivity index (χ1) is 17.1. The van der Waals surface area contributed by atoms with Crippen LogP contribution in [-0.4, -0.2) is 22.6 Å². The van der Waals surface area contributed by atoms with Gasteiger partial charge >= 0.3 is 6.18 Å². The number of alkyl halides is 3. The van der Waals surface area contributed by atoms with E-state index in [2.05, 4.69) is 10.6 Å². The van der Waals surface area contributed by atoms with Crippen LogP contribution in [0.2, 0.25) is 0 Å². The molecule has 0 saturated carbocycles. The summed E-state index contributed by atoms with van der Waals surface area (Å²) in [5, 5.41) is 4.94.